The Kier molecular flexibility index (Phi) is 4.29. The Bertz CT molecular complexity index is 423. The zero-order chi connectivity index (χ0) is 13.9. The van der Waals surface area contributed by atoms with Crippen LogP contribution >= 0.6 is 0 Å². The number of anilines is 1. The summed E-state index contributed by atoms with van der Waals surface area (Å²) in [5.74, 6) is 0.561. The van der Waals surface area contributed by atoms with Crippen molar-refractivity contribution in [3.8, 4) is 0 Å². The van der Waals surface area contributed by atoms with Crippen molar-refractivity contribution in [3.63, 3.8) is 0 Å². The van der Waals surface area contributed by atoms with E-state index in [1.165, 1.54) is 6.07 Å². The lowest BCUT2D eigenvalue weighted by Crippen LogP contribution is -2.25. The monoisotopic (exact) mass is 274 g/mol. The Labute approximate surface area is 109 Å². The molecule has 0 aliphatic heterocycles. The molecule has 106 valence electrons. The molecule has 0 spiro atoms. The molecule has 3 nitrogen and oxygen atoms in total. The first-order chi connectivity index (χ1) is 9.00. The van der Waals surface area contributed by atoms with Crippen LogP contribution in [0.2, 0.25) is 0 Å². The molecule has 0 amide bonds. The van der Waals surface area contributed by atoms with Gasteiger partial charge in [-0.3, -0.25) is 0 Å². The van der Waals surface area contributed by atoms with Crippen LogP contribution in [0.1, 0.15) is 31.4 Å². The van der Waals surface area contributed by atoms with Crippen molar-refractivity contribution in [1.82, 2.24) is 4.98 Å². The number of hydrogen-bond donors (Lipinski definition) is 2. The van der Waals surface area contributed by atoms with Gasteiger partial charge in [-0.2, -0.15) is 13.2 Å². The molecule has 2 atom stereocenters. The molecular weight excluding hydrogens is 257 g/mol. The van der Waals surface area contributed by atoms with Crippen molar-refractivity contribution >= 4 is 5.82 Å². The number of hydrogen-bond acceptors (Lipinski definition) is 3. The van der Waals surface area contributed by atoms with Gasteiger partial charge in [0.2, 0.25) is 0 Å². The largest absolute Gasteiger partial charge is 0.433 e. The van der Waals surface area contributed by atoms with Gasteiger partial charge in [0, 0.05) is 12.6 Å². The summed E-state index contributed by atoms with van der Waals surface area (Å²) < 4.78 is 37.7. The van der Waals surface area contributed by atoms with E-state index in [9.17, 15) is 13.2 Å². The van der Waals surface area contributed by atoms with Gasteiger partial charge < -0.3 is 10.4 Å². The molecular formula is C13H17F3N2O. The molecule has 19 heavy (non-hydrogen) atoms. The topological polar surface area (TPSA) is 45.1 Å². The number of nitrogens with zero attached hydrogens (tertiary/aromatic N) is 1. The van der Waals surface area contributed by atoms with E-state index >= 15 is 0 Å². The minimum Gasteiger partial charge on any atom is -0.396 e. The summed E-state index contributed by atoms with van der Waals surface area (Å²) in [4.78, 5) is 3.60. The first-order valence-electron chi connectivity index (χ1n) is 6.42. The number of nitrogens with one attached hydrogen (secondary N) is 1. The highest BCUT2D eigenvalue weighted by molar-refractivity contribution is 5.37. The van der Waals surface area contributed by atoms with Crippen molar-refractivity contribution < 1.29 is 18.3 Å². The molecule has 1 saturated carbocycles. The summed E-state index contributed by atoms with van der Waals surface area (Å²) >= 11 is 0. The van der Waals surface area contributed by atoms with Gasteiger partial charge in [-0.15, -0.1) is 0 Å². The van der Waals surface area contributed by atoms with Gasteiger partial charge in [-0.05, 0) is 37.3 Å². The highest BCUT2D eigenvalue weighted by atomic mass is 19.4. The third-order valence-corrected chi connectivity index (χ3v) is 3.53. The Balaban J connectivity index is 2.06. The number of aliphatic hydroxyl groups excluding tert-OH is 1. The highest BCUT2D eigenvalue weighted by Gasteiger charge is 2.33. The zero-order valence-electron chi connectivity index (χ0n) is 10.5. The van der Waals surface area contributed by atoms with Crippen molar-refractivity contribution in [2.24, 2.45) is 5.92 Å². The maximum Gasteiger partial charge on any atom is 0.433 e. The molecule has 1 aliphatic carbocycles. The second kappa shape index (κ2) is 5.77. The van der Waals surface area contributed by atoms with Gasteiger partial charge in [0.15, 0.2) is 0 Å². The lowest BCUT2D eigenvalue weighted by atomic mass is 10.00. The van der Waals surface area contributed by atoms with Crippen molar-refractivity contribution in [2.75, 3.05) is 11.9 Å². The van der Waals surface area contributed by atoms with Crippen LogP contribution in [0.4, 0.5) is 19.0 Å². The second-order valence-electron chi connectivity index (χ2n) is 4.86. The lowest BCUT2D eigenvalue weighted by molar-refractivity contribution is -0.141. The van der Waals surface area contributed by atoms with E-state index < -0.39 is 11.9 Å². The summed E-state index contributed by atoms with van der Waals surface area (Å²) in [5, 5.41) is 12.0. The van der Waals surface area contributed by atoms with E-state index in [-0.39, 0.29) is 18.5 Å². The highest BCUT2D eigenvalue weighted by Crippen LogP contribution is 2.32. The maximum absolute atomic E-state index is 12.6. The third-order valence-electron chi connectivity index (χ3n) is 3.53. The van der Waals surface area contributed by atoms with E-state index in [1.807, 2.05) is 0 Å². The molecule has 1 aromatic heterocycles. The van der Waals surface area contributed by atoms with Crippen LogP contribution < -0.4 is 5.32 Å². The fourth-order valence-electron chi connectivity index (χ4n) is 2.60. The first-order valence-corrected chi connectivity index (χ1v) is 6.42. The summed E-state index contributed by atoms with van der Waals surface area (Å²) in [7, 11) is 0. The average Bonchev–Trinajstić information content (AvgIpc) is 2.77. The van der Waals surface area contributed by atoms with Crippen LogP contribution in [0.5, 0.6) is 0 Å². The normalized spacial score (nSPS) is 23.6. The molecule has 1 fully saturated rings. The van der Waals surface area contributed by atoms with E-state index in [4.69, 9.17) is 5.11 Å². The Morgan fingerprint density at radius 3 is 2.79 bits per heavy atom. The van der Waals surface area contributed by atoms with Crippen LogP contribution in [0.3, 0.4) is 0 Å². The molecule has 2 N–H and O–H groups in total. The van der Waals surface area contributed by atoms with Crippen LogP contribution in [0.25, 0.3) is 0 Å². The molecule has 1 heterocycles. The van der Waals surface area contributed by atoms with Crippen molar-refractivity contribution in [2.45, 2.75) is 37.9 Å². The van der Waals surface area contributed by atoms with E-state index in [1.54, 1.807) is 6.07 Å². The number of rotatable bonds is 4. The molecule has 1 aromatic rings. The number of aliphatic hydroxyl groups is 1. The quantitative estimate of drug-likeness (QED) is 0.887. The lowest BCUT2D eigenvalue weighted by Gasteiger charge is -2.21. The number of alkyl halides is 3. The Morgan fingerprint density at radius 2 is 2.11 bits per heavy atom. The predicted molar refractivity (Wildman–Crippen MR) is 65.7 cm³/mol. The molecule has 0 bridgehead atoms. The van der Waals surface area contributed by atoms with Crippen molar-refractivity contribution in [3.05, 3.63) is 23.9 Å². The minimum absolute atomic E-state index is 0.100. The van der Waals surface area contributed by atoms with E-state index in [2.05, 4.69) is 10.3 Å². The zero-order valence-corrected chi connectivity index (χ0v) is 10.5. The maximum atomic E-state index is 12.6. The Morgan fingerprint density at radius 1 is 1.32 bits per heavy atom. The van der Waals surface area contributed by atoms with E-state index in [0.717, 1.165) is 25.3 Å². The van der Waals surface area contributed by atoms with Gasteiger partial charge in [-0.25, -0.2) is 4.98 Å². The fourth-order valence-corrected chi connectivity index (χ4v) is 2.60. The van der Waals surface area contributed by atoms with Crippen molar-refractivity contribution in [1.29, 1.82) is 0 Å². The van der Waals surface area contributed by atoms with Gasteiger partial charge in [0.25, 0.3) is 0 Å². The van der Waals surface area contributed by atoms with Gasteiger partial charge in [0.1, 0.15) is 11.5 Å². The SMILES string of the molecule is OCCC1CCCC1Nc1cccc(C(F)(F)F)n1. The predicted octanol–water partition coefficient (Wildman–Crippen LogP) is 3.06. The average molecular weight is 274 g/mol. The molecule has 1 aliphatic rings. The number of halogens is 3. The molecule has 0 aromatic carbocycles. The fraction of sp³-hybridized carbons (Fsp3) is 0.615. The van der Waals surface area contributed by atoms with Crippen LogP contribution in [-0.2, 0) is 6.18 Å². The van der Waals surface area contributed by atoms with Gasteiger partial charge >= 0.3 is 6.18 Å². The molecule has 2 rings (SSSR count). The number of aromatic nitrogens is 1. The molecule has 0 radical (unpaired) electrons. The van der Waals surface area contributed by atoms with Gasteiger partial charge in [-0.1, -0.05) is 12.5 Å². The Hall–Kier alpha value is -1.30. The molecule has 6 heteroatoms. The smallest absolute Gasteiger partial charge is 0.396 e. The summed E-state index contributed by atoms with van der Waals surface area (Å²) in [5.41, 5.74) is -0.880. The first kappa shape index (κ1) is 14.1. The number of pyridine rings is 1. The van der Waals surface area contributed by atoms with Gasteiger partial charge in [0.05, 0.1) is 0 Å². The summed E-state index contributed by atoms with van der Waals surface area (Å²) in [6.45, 7) is 0.110. The summed E-state index contributed by atoms with van der Waals surface area (Å²) in [6, 6.07) is 3.96. The molecule has 0 saturated heterocycles. The summed E-state index contributed by atoms with van der Waals surface area (Å²) in [6.07, 6.45) is -0.810. The molecule has 2 unspecified atom stereocenters. The standard InChI is InChI=1S/C13H17F3N2O/c14-13(15,16)11-5-2-6-12(18-11)17-10-4-1-3-9(10)7-8-19/h2,5-6,9-10,19H,1,3-4,7-8H2,(H,17,18). The van der Waals surface area contributed by atoms with E-state index in [0.29, 0.717) is 12.3 Å². The second-order valence-corrected chi connectivity index (χ2v) is 4.86. The van der Waals surface area contributed by atoms with Crippen LogP contribution in [0, 0.1) is 5.92 Å². The third kappa shape index (κ3) is 3.59. The van der Waals surface area contributed by atoms with Crippen LogP contribution in [0.15, 0.2) is 18.2 Å². The van der Waals surface area contributed by atoms with Crippen LogP contribution in [-0.4, -0.2) is 22.7 Å². The minimum atomic E-state index is -4.42.